The lowest BCUT2D eigenvalue weighted by Crippen LogP contribution is -2.22. The van der Waals surface area contributed by atoms with E-state index in [-0.39, 0.29) is 11.7 Å². The standard InChI is InChI=1S/C21H24ClN3O/c1-4-23-21-19-12-24-17(9-16(19)11-25-21)10-18(26)8-13(2)15-5-6-20(22)14(3)7-15/h5-7,9,12-13H,4,8,10-11H2,1-3H3,(H,23,25)/t13-/m0/s1. The van der Waals surface area contributed by atoms with Crippen LogP contribution in [0.25, 0.3) is 0 Å². The van der Waals surface area contributed by atoms with Gasteiger partial charge in [0.2, 0.25) is 0 Å². The Morgan fingerprint density at radius 3 is 2.88 bits per heavy atom. The lowest BCUT2D eigenvalue weighted by molar-refractivity contribution is -0.118. The van der Waals surface area contributed by atoms with E-state index in [2.05, 4.69) is 28.3 Å². The van der Waals surface area contributed by atoms with Crippen LogP contribution in [0.4, 0.5) is 0 Å². The molecule has 26 heavy (non-hydrogen) atoms. The Labute approximate surface area is 159 Å². The van der Waals surface area contributed by atoms with Gasteiger partial charge in [0.1, 0.15) is 11.6 Å². The summed E-state index contributed by atoms with van der Waals surface area (Å²) < 4.78 is 0. The number of aryl methyl sites for hydroxylation is 1. The van der Waals surface area contributed by atoms with E-state index in [1.165, 1.54) is 0 Å². The molecule has 0 saturated heterocycles. The maximum absolute atomic E-state index is 12.5. The minimum atomic E-state index is 0.164. The fourth-order valence-corrected chi connectivity index (χ4v) is 3.38. The molecule has 0 aliphatic carbocycles. The fourth-order valence-electron chi connectivity index (χ4n) is 3.26. The van der Waals surface area contributed by atoms with E-state index >= 15 is 0 Å². The summed E-state index contributed by atoms with van der Waals surface area (Å²) in [5.74, 6) is 1.26. The van der Waals surface area contributed by atoms with Crippen LogP contribution < -0.4 is 5.32 Å². The molecule has 0 fully saturated rings. The Morgan fingerprint density at radius 2 is 2.15 bits per heavy atom. The molecule has 0 radical (unpaired) electrons. The summed E-state index contributed by atoms with van der Waals surface area (Å²) in [4.78, 5) is 21.5. The van der Waals surface area contributed by atoms with Gasteiger partial charge in [0.15, 0.2) is 0 Å². The maximum Gasteiger partial charge on any atom is 0.139 e. The lowest BCUT2D eigenvalue weighted by Gasteiger charge is -2.13. The lowest BCUT2D eigenvalue weighted by atomic mass is 9.93. The second kappa shape index (κ2) is 8.00. The first-order chi connectivity index (χ1) is 12.5. The Morgan fingerprint density at radius 1 is 1.35 bits per heavy atom. The first kappa shape index (κ1) is 18.6. The maximum atomic E-state index is 12.5. The van der Waals surface area contributed by atoms with Crippen molar-refractivity contribution in [2.45, 2.75) is 46.1 Å². The number of amidine groups is 1. The number of benzene rings is 1. The van der Waals surface area contributed by atoms with Crippen LogP contribution in [0.5, 0.6) is 0 Å². The van der Waals surface area contributed by atoms with Crippen LogP contribution in [0.2, 0.25) is 5.02 Å². The van der Waals surface area contributed by atoms with Gasteiger partial charge in [0.05, 0.1) is 6.54 Å². The molecule has 2 aromatic rings. The third kappa shape index (κ3) is 4.13. The third-order valence-electron chi connectivity index (χ3n) is 4.72. The average Bonchev–Trinajstić information content (AvgIpc) is 3.00. The van der Waals surface area contributed by atoms with Gasteiger partial charge < -0.3 is 5.32 Å². The van der Waals surface area contributed by atoms with Crippen LogP contribution in [0.1, 0.15) is 54.1 Å². The molecule has 1 atom stereocenters. The number of nitrogens with zero attached hydrogens (tertiary/aromatic N) is 2. The van der Waals surface area contributed by atoms with Gasteiger partial charge in [-0.3, -0.25) is 14.8 Å². The highest BCUT2D eigenvalue weighted by molar-refractivity contribution is 6.31. The Bertz CT molecular complexity index is 860. The van der Waals surface area contributed by atoms with Gasteiger partial charge in [-0.05, 0) is 48.6 Å². The van der Waals surface area contributed by atoms with Gasteiger partial charge in [-0.1, -0.05) is 30.7 Å². The molecular formula is C21H24ClN3O. The molecule has 2 heterocycles. The van der Waals surface area contributed by atoms with Gasteiger partial charge in [-0.2, -0.15) is 0 Å². The van der Waals surface area contributed by atoms with E-state index in [1.807, 2.05) is 38.2 Å². The number of aromatic nitrogens is 1. The zero-order chi connectivity index (χ0) is 18.7. The van der Waals surface area contributed by atoms with Gasteiger partial charge in [0.25, 0.3) is 0 Å². The van der Waals surface area contributed by atoms with Crippen molar-refractivity contribution in [2.75, 3.05) is 6.54 Å². The molecule has 1 aromatic heterocycles. The molecule has 1 aromatic carbocycles. The number of Topliss-reactive ketones (excluding diaryl/α,β-unsaturated/α-hetero) is 1. The number of hydrogen-bond donors (Lipinski definition) is 1. The van der Waals surface area contributed by atoms with Gasteiger partial charge in [-0.25, -0.2) is 0 Å². The van der Waals surface area contributed by atoms with E-state index in [9.17, 15) is 4.79 Å². The molecule has 3 rings (SSSR count). The van der Waals surface area contributed by atoms with Crippen LogP contribution in [0, 0.1) is 6.92 Å². The predicted octanol–water partition coefficient (Wildman–Crippen LogP) is 4.22. The number of aliphatic imine (C=N–C) groups is 1. The van der Waals surface area contributed by atoms with E-state index in [1.54, 1.807) is 0 Å². The molecule has 1 aliphatic rings. The summed E-state index contributed by atoms with van der Waals surface area (Å²) in [6.45, 7) is 7.60. The number of hydrogen-bond acceptors (Lipinski definition) is 4. The number of fused-ring (bicyclic) bond motifs is 1. The minimum Gasteiger partial charge on any atom is -0.370 e. The van der Waals surface area contributed by atoms with Crippen molar-refractivity contribution in [1.82, 2.24) is 10.3 Å². The van der Waals surface area contributed by atoms with Crippen molar-refractivity contribution in [2.24, 2.45) is 4.99 Å². The Hall–Kier alpha value is -2.20. The van der Waals surface area contributed by atoms with E-state index < -0.39 is 0 Å². The second-order valence-corrected chi connectivity index (χ2v) is 7.26. The predicted molar refractivity (Wildman–Crippen MR) is 106 cm³/mol. The van der Waals surface area contributed by atoms with Gasteiger partial charge in [0, 0.05) is 41.9 Å². The summed E-state index contributed by atoms with van der Waals surface area (Å²) >= 11 is 6.09. The molecule has 136 valence electrons. The third-order valence-corrected chi connectivity index (χ3v) is 5.14. The van der Waals surface area contributed by atoms with Gasteiger partial charge in [-0.15, -0.1) is 0 Å². The molecule has 1 aliphatic heterocycles. The molecular weight excluding hydrogens is 346 g/mol. The monoisotopic (exact) mass is 369 g/mol. The number of ketones is 1. The number of pyridine rings is 1. The average molecular weight is 370 g/mol. The molecule has 0 spiro atoms. The van der Waals surface area contributed by atoms with Crippen LogP contribution in [0.3, 0.4) is 0 Å². The topological polar surface area (TPSA) is 54.4 Å². The fraction of sp³-hybridized carbons (Fsp3) is 0.381. The zero-order valence-corrected chi connectivity index (χ0v) is 16.2. The van der Waals surface area contributed by atoms with Crippen molar-refractivity contribution in [3.63, 3.8) is 0 Å². The molecule has 1 N–H and O–H groups in total. The van der Waals surface area contributed by atoms with Crippen LogP contribution >= 0.6 is 11.6 Å². The number of rotatable bonds is 6. The molecule has 0 saturated carbocycles. The summed E-state index contributed by atoms with van der Waals surface area (Å²) in [5.41, 5.74) is 5.19. The normalized spacial score (nSPS) is 13.9. The molecule has 0 unspecified atom stereocenters. The first-order valence-electron chi connectivity index (χ1n) is 9.02. The Balaban J connectivity index is 1.63. The molecule has 5 heteroatoms. The highest BCUT2D eigenvalue weighted by Gasteiger charge is 2.18. The highest BCUT2D eigenvalue weighted by Crippen LogP contribution is 2.25. The Kier molecular flexibility index (Phi) is 5.72. The summed E-state index contributed by atoms with van der Waals surface area (Å²) in [5, 5.41) is 4.01. The van der Waals surface area contributed by atoms with E-state index in [0.29, 0.717) is 19.4 Å². The second-order valence-electron chi connectivity index (χ2n) is 6.86. The summed E-state index contributed by atoms with van der Waals surface area (Å²) in [6, 6.07) is 7.98. The van der Waals surface area contributed by atoms with Crippen molar-refractivity contribution in [1.29, 1.82) is 0 Å². The highest BCUT2D eigenvalue weighted by atomic mass is 35.5. The van der Waals surface area contributed by atoms with E-state index in [0.717, 1.165) is 45.4 Å². The minimum absolute atomic E-state index is 0.164. The van der Waals surface area contributed by atoms with Crippen molar-refractivity contribution in [3.8, 4) is 0 Å². The van der Waals surface area contributed by atoms with Crippen molar-refractivity contribution in [3.05, 3.63) is 63.4 Å². The number of carbonyl (C=O) groups excluding carboxylic acids is 1. The number of halogens is 1. The summed E-state index contributed by atoms with van der Waals surface area (Å²) in [7, 11) is 0. The van der Waals surface area contributed by atoms with E-state index in [4.69, 9.17) is 11.6 Å². The van der Waals surface area contributed by atoms with Crippen molar-refractivity contribution < 1.29 is 4.79 Å². The summed E-state index contributed by atoms with van der Waals surface area (Å²) in [6.07, 6.45) is 2.69. The van der Waals surface area contributed by atoms with Crippen LogP contribution in [-0.2, 0) is 17.8 Å². The van der Waals surface area contributed by atoms with Crippen LogP contribution in [-0.4, -0.2) is 23.1 Å². The first-order valence-corrected chi connectivity index (χ1v) is 9.40. The quantitative estimate of drug-likeness (QED) is 0.829. The molecule has 0 bridgehead atoms. The largest absolute Gasteiger partial charge is 0.370 e. The van der Waals surface area contributed by atoms with Gasteiger partial charge >= 0.3 is 0 Å². The number of nitrogens with one attached hydrogen (secondary N) is 1. The molecule has 4 nitrogen and oxygen atoms in total. The van der Waals surface area contributed by atoms with Crippen LogP contribution in [0.15, 0.2) is 35.5 Å². The smallest absolute Gasteiger partial charge is 0.139 e. The molecule has 0 amide bonds. The number of carbonyl (C=O) groups is 1. The SMILES string of the molecule is CCNC1=NCc2cc(CC(=O)C[C@H](C)c3ccc(Cl)c(C)c3)ncc21. The zero-order valence-electron chi connectivity index (χ0n) is 15.5. The van der Waals surface area contributed by atoms with Crippen molar-refractivity contribution >= 4 is 23.2 Å².